The molecule has 0 fully saturated rings. The van der Waals surface area contributed by atoms with Gasteiger partial charge in [-0.1, -0.05) is 30.3 Å². The highest BCUT2D eigenvalue weighted by Gasteiger charge is 2.35. The van der Waals surface area contributed by atoms with Crippen LogP contribution in [0, 0.1) is 0 Å². The summed E-state index contributed by atoms with van der Waals surface area (Å²) in [6.07, 6.45) is 0. The second-order valence-electron chi connectivity index (χ2n) is 6.68. The normalized spacial score (nSPS) is 18.3. The van der Waals surface area contributed by atoms with Gasteiger partial charge in [0.2, 0.25) is 0 Å². The molecule has 0 saturated heterocycles. The van der Waals surface area contributed by atoms with Gasteiger partial charge in [-0.05, 0) is 43.8 Å². The zero-order valence-corrected chi connectivity index (χ0v) is 17.1. The number of rotatable bonds is 4. The Morgan fingerprint density at radius 2 is 1.90 bits per heavy atom. The molecular weight excluding hydrogens is 388 g/mol. The first-order valence-corrected chi connectivity index (χ1v) is 9.94. The highest BCUT2D eigenvalue weighted by molar-refractivity contribution is 7.80. The third-order valence-corrected chi connectivity index (χ3v) is 5.20. The van der Waals surface area contributed by atoms with Gasteiger partial charge in [0.25, 0.3) is 0 Å². The Balaban J connectivity index is 1.80. The summed E-state index contributed by atoms with van der Waals surface area (Å²) in [6, 6.07) is 15.0. The van der Waals surface area contributed by atoms with Crippen molar-refractivity contribution in [1.29, 1.82) is 0 Å². The van der Waals surface area contributed by atoms with Gasteiger partial charge in [-0.15, -0.1) is 0 Å². The molecule has 29 heavy (non-hydrogen) atoms. The number of allylic oxidation sites excluding steroid dienone is 1. The van der Waals surface area contributed by atoms with Crippen molar-refractivity contribution in [2.75, 3.05) is 24.7 Å². The summed E-state index contributed by atoms with van der Waals surface area (Å²) >= 11 is 5.68. The molecule has 2 aliphatic heterocycles. The predicted molar refractivity (Wildman–Crippen MR) is 114 cm³/mol. The lowest BCUT2D eigenvalue weighted by Gasteiger charge is -2.37. The van der Waals surface area contributed by atoms with Crippen LogP contribution in [0.25, 0.3) is 0 Å². The van der Waals surface area contributed by atoms with Crippen LogP contribution in [0.2, 0.25) is 0 Å². The minimum absolute atomic E-state index is 0.297. The van der Waals surface area contributed by atoms with Crippen molar-refractivity contribution < 1.29 is 19.0 Å². The smallest absolute Gasteiger partial charge is 0.338 e. The number of benzene rings is 2. The quantitative estimate of drug-likeness (QED) is 0.609. The fourth-order valence-corrected chi connectivity index (χ4v) is 3.95. The minimum atomic E-state index is -0.379. The Kier molecular flexibility index (Phi) is 5.40. The first-order chi connectivity index (χ1) is 14.1. The summed E-state index contributed by atoms with van der Waals surface area (Å²) < 4.78 is 16.7. The van der Waals surface area contributed by atoms with E-state index in [1.54, 1.807) is 6.92 Å². The maximum absolute atomic E-state index is 12.9. The van der Waals surface area contributed by atoms with Crippen molar-refractivity contribution in [3.05, 3.63) is 65.4 Å². The molecule has 0 radical (unpaired) electrons. The summed E-state index contributed by atoms with van der Waals surface area (Å²) in [5, 5.41) is 3.81. The fraction of sp³-hybridized carbons (Fsp3) is 0.273. The van der Waals surface area contributed by atoms with Crippen molar-refractivity contribution in [2.45, 2.75) is 19.9 Å². The minimum Gasteiger partial charge on any atom is -0.486 e. The molecule has 2 aromatic rings. The van der Waals surface area contributed by atoms with Crippen LogP contribution in [0.1, 0.15) is 25.5 Å². The lowest BCUT2D eigenvalue weighted by molar-refractivity contribution is -0.139. The van der Waals surface area contributed by atoms with E-state index in [4.69, 9.17) is 26.4 Å². The number of ether oxygens (including phenoxy) is 3. The molecule has 0 saturated carbocycles. The largest absolute Gasteiger partial charge is 0.486 e. The van der Waals surface area contributed by atoms with Crippen LogP contribution >= 0.6 is 12.2 Å². The molecule has 1 atom stereocenters. The molecule has 6 nitrogen and oxygen atoms in total. The van der Waals surface area contributed by atoms with E-state index in [1.165, 1.54) is 0 Å². The van der Waals surface area contributed by atoms with Crippen molar-refractivity contribution in [3.8, 4) is 11.5 Å². The zero-order valence-electron chi connectivity index (χ0n) is 16.3. The topological polar surface area (TPSA) is 60.0 Å². The molecule has 7 heteroatoms. The standard InChI is InChI=1S/C22H22N2O4S/c1-3-26-21(25)19-14(2)24(16-9-10-17-18(13-16)28-12-11-27-17)22(29)23-20(19)15-7-5-4-6-8-15/h4-10,13,20H,3,11-12H2,1-2H3,(H,23,29). The Bertz CT molecular complexity index is 974. The van der Waals surface area contributed by atoms with E-state index in [0.717, 1.165) is 16.9 Å². The predicted octanol–water partition coefficient (Wildman–Crippen LogP) is 3.73. The molecule has 0 bridgehead atoms. The van der Waals surface area contributed by atoms with E-state index in [-0.39, 0.29) is 12.0 Å². The van der Waals surface area contributed by atoms with Gasteiger partial charge >= 0.3 is 5.97 Å². The monoisotopic (exact) mass is 410 g/mol. The van der Waals surface area contributed by atoms with E-state index in [1.807, 2.05) is 60.4 Å². The molecule has 1 N–H and O–H groups in total. The van der Waals surface area contributed by atoms with Gasteiger partial charge < -0.3 is 19.5 Å². The SMILES string of the molecule is CCOC(=O)C1=C(C)N(c2ccc3c(c2)OCCO3)C(=S)NC1c1ccccc1. The van der Waals surface area contributed by atoms with Crippen molar-refractivity contribution in [1.82, 2.24) is 5.32 Å². The van der Waals surface area contributed by atoms with Gasteiger partial charge in [-0.3, -0.25) is 4.90 Å². The van der Waals surface area contributed by atoms with E-state index in [0.29, 0.717) is 42.0 Å². The molecule has 150 valence electrons. The van der Waals surface area contributed by atoms with Crippen molar-refractivity contribution in [3.63, 3.8) is 0 Å². The second-order valence-corrected chi connectivity index (χ2v) is 7.06. The third kappa shape index (κ3) is 3.65. The zero-order chi connectivity index (χ0) is 20.4. The van der Waals surface area contributed by atoms with Gasteiger partial charge in [0, 0.05) is 11.8 Å². The maximum Gasteiger partial charge on any atom is 0.338 e. The summed E-state index contributed by atoms with van der Waals surface area (Å²) in [6.45, 7) is 5.00. The average molecular weight is 410 g/mol. The summed E-state index contributed by atoms with van der Waals surface area (Å²) in [4.78, 5) is 14.7. The number of hydrogen-bond donors (Lipinski definition) is 1. The molecular formula is C22H22N2O4S. The molecule has 0 amide bonds. The summed E-state index contributed by atoms with van der Waals surface area (Å²) in [5.74, 6) is 0.994. The first kappa shape index (κ1) is 19.3. The Hall–Kier alpha value is -3.06. The van der Waals surface area contributed by atoms with Crippen LogP contribution < -0.4 is 19.7 Å². The summed E-state index contributed by atoms with van der Waals surface area (Å²) in [5.41, 5.74) is 2.98. The Labute approximate surface area is 175 Å². The van der Waals surface area contributed by atoms with Gasteiger partial charge in [-0.2, -0.15) is 0 Å². The second kappa shape index (κ2) is 8.13. The third-order valence-electron chi connectivity index (χ3n) is 4.90. The van der Waals surface area contributed by atoms with Crippen molar-refractivity contribution in [2.24, 2.45) is 0 Å². The van der Waals surface area contributed by atoms with Crippen LogP contribution in [0.15, 0.2) is 59.8 Å². The van der Waals surface area contributed by atoms with Gasteiger partial charge in [0.05, 0.1) is 23.9 Å². The number of fused-ring (bicyclic) bond motifs is 1. The molecule has 2 aliphatic rings. The van der Waals surface area contributed by atoms with Crippen LogP contribution in [0.5, 0.6) is 11.5 Å². The maximum atomic E-state index is 12.9. The van der Waals surface area contributed by atoms with E-state index in [9.17, 15) is 4.79 Å². The van der Waals surface area contributed by atoms with Crippen LogP contribution in [-0.4, -0.2) is 30.9 Å². The van der Waals surface area contributed by atoms with E-state index in [2.05, 4.69) is 5.32 Å². The molecule has 2 heterocycles. The number of nitrogens with one attached hydrogen (secondary N) is 1. The molecule has 1 unspecified atom stereocenters. The van der Waals surface area contributed by atoms with Crippen LogP contribution in [-0.2, 0) is 9.53 Å². The molecule has 2 aromatic carbocycles. The Morgan fingerprint density at radius 1 is 1.17 bits per heavy atom. The number of anilines is 1. The summed E-state index contributed by atoms with van der Waals surface area (Å²) in [7, 11) is 0. The van der Waals surface area contributed by atoms with E-state index < -0.39 is 0 Å². The number of nitrogens with zero attached hydrogens (tertiary/aromatic N) is 1. The average Bonchev–Trinajstić information content (AvgIpc) is 2.74. The van der Waals surface area contributed by atoms with Gasteiger partial charge in [-0.25, -0.2) is 4.79 Å². The highest BCUT2D eigenvalue weighted by Crippen LogP contribution is 2.38. The van der Waals surface area contributed by atoms with Crippen molar-refractivity contribution >= 4 is 29.0 Å². The number of hydrogen-bond acceptors (Lipinski definition) is 5. The fourth-order valence-electron chi connectivity index (χ4n) is 3.59. The van der Waals surface area contributed by atoms with E-state index >= 15 is 0 Å². The lowest BCUT2D eigenvalue weighted by Crippen LogP contribution is -2.48. The first-order valence-electron chi connectivity index (χ1n) is 9.53. The highest BCUT2D eigenvalue weighted by atomic mass is 32.1. The van der Waals surface area contributed by atoms with Crippen LogP contribution in [0.4, 0.5) is 5.69 Å². The Morgan fingerprint density at radius 3 is 2.62 bits per heavy atom. The van der Waals surface area contributed by atoms with Gasteiger partial charge in [0.15, 0.2) is 16.6 Å². The van der Waals surface area contributed by atoms with Gasteiger partial charge in [0.1, 0.15) is 13.2 Å². The number of carbonyl (C=O) groups is 1. The number of carbonyl (C=O) groups excluding carboxylic acids is 1. The molecule has 4 rings (SSSR count). The number of esters is 1. The molecule has 0 spiro atoms. The number of thiocarbonyl (C=S) groups is 1. The molecule has 0 aliphatic carbocycles. The lowest BCUT2D eigenvalue weighted by atomic mass is 9.95. The molecule has 0 aromatic heterocycles. The van der Waals surface area contributed by atoms with Crippen LogP contribution in [0.3, 0.4) is 0 Å².